The molecule has 1 aromatic carbocycles. The van der Waals surface area contributed by atoms with Crippen LogP contribution < -0.4 is 4.74 Å². The maximum atomic E-state index is 11.3. The summed E-state index contributed by atoms with van der Waals surface area (Å²) in [5.41, 5.74) is -0.659. The van der Waals surface area contributed by atoms with E-state index in [2.05, 4.69) is 4.99 Å². The molecule has 1 heterocycles. The van der Waals surface area contributed by atoms with Gasteiger partial charge in [0.25, 0.3) is 0 Å². The van der Waals surface area contributed by atoms with Crippen LogP contribution in [0.15, 0.2) is 23.2 Å². The smallest absolute Gasteiger partial charge is 0.332 e. The predicted molar refractivity (Wildman–Crippen MR) is 106 cm³/mol. The van der Waals surface area contributed by atoms with Crippen LogP contribution in [0.25, 0.3) is 0 Å². The SMILES string of the molecule is COCCOCCOCCOc1ccc(C2=N[C@@](C)(C(=O)O)CS2)c(O)c1.O. The summed E-state index contributed by atoms with van der Waals surface area (Å²) in [7, 11) is 1.62. The number of hydrogen-bond acceptors (Lipinski definition) is 8. The standard InChI is InChI=1S/C18H25NO7S.H2O/c1-18(17(21)22)12-27-16(19-18)14-4-3-13(11-15(14)20)26-10-9-25-8-7-24-6-5-23-2;/h3-4,11,20H,5-10,12H2,1-2H3,(H,21,22);1H2/t18-;/m1./s1. The molecular formula is C18H27NO8S. The maximum absolute atomic E-state index is 11.3. The van der Waals surface area contributed by atoms with Crippen LogP contribution in [0.4, 0.5) is 0 Å². The molecule has 10 heteroatoms. The van der Waals surface area contributed by atoms with Gasteiger partial charge in [0.15, 0.2) is 5.54 Å². The van der Waals surface area contributed by atoms with E-state index in [1.165, 1.54) is 17.8 Å². The van der Waals surface area contributed by atoms with E-state index < -0.39 is 11.5 Å². The van der Waals surface area contributed by atoms with Crippen LogP contribution in [0.2, 0.25) is 0 Å². The zero-order valence-electron chi connectivity index (χ0n) is 16.0. The lowest BCUT2D eigenvalue weighted by atomic mass is 10.1. The fourth-order valence-electron chi connectivity index (χ4n) is 2.21. The van der Waals surface area contributed by atoms with Crippen LogP contribution in [0.5, 0.6) is 11.5 Å². The molecule has 2 rings (SSSR count). The number of benzene rings is 1. The van der Waals surface area contributed by atoms with E-state index >= 15 is 0 Å². The molecule has 1 aliphatic rings. The first-order valence-corrected chi connectivity index (χ1v) is 9.51. The van der Waals surface area contributed by atoms with Crippen LogP contribution in [0.3, 0.4) is 0 Å². The van der Waals surface area contributed by atoms with E-state index in [-0.39, 0.29) is 11.2 Å². The second-order valence-corrected chi connectivity index (χ2v) is 6.99. The largest absolute Gasteiger partial charge is 0.507 e. The molecule has 0 unspecified atom stereocenters. The molecule has 158 valence electrons. The van der Waals surface area contributed by atoms with Gasteiger partial charge in [-0.1, -0.05) is 0 Å². The summed E-state index contributed by atoms with van der Waals surface area (Å²) in [5, 5.41) is 20.0. The molecule has 9 nitrogen and oxygen atoms in total. The van der Waals surface area contributed by atoms with Gasteiger partial charge in [-0.05, 0) is 19.1 Å². The first kappa shape index (κ1) is 24.2. The topological polar surface area (TPSA) is 138 Å². The van der Waals surface area contributed by atoms with Gasteiger partial charge in [0, 0.05) is 24.5 Å². The third kappa shape index (κ3) is 6.95. The van der Waals surface area contributed by atoms with Crippen molar-refractivity contribution in [1.29, 1.82) is 0 Å². The third-order valence-corrected chi connectivity index (χ3v) is 5.09. The highest BCUT2D eigenvalue weighted by molar-refractivity contribution is 8.14. The van der Waals surface area contributed by atoms with Crippen molar-refractivity contribution in [2.75, 3.05) is 52.5 Å². The Bertz CT molecular complexity index is 669. The van der Waals surface area contributed by atoms with E-state index in [0.29, 0.717) is 61.8 Å². The van der Waals surface area contributed by atoms with Gasteiger partial charge < -0.3 is 34.6 Å². The first-order valence-electron chi connectivity index (χ1n) is 8.53. The Hall–Kier alpha value is -1.85. The van der Waals surface area contributed by atoms with Gasteiger partial charge in [0.2, 0.25) is 0 Å². The van der Waals surface area contributed by atoms with Crippen molar-refractivity contribution in [2.24, 2.45) is 4.99 Å². The summed E-state index contributed by atoms with van der Waals surface area (Å²) in [6.07, 6.45) is 0. The number of aliphatic imine (C=N–C) groups is 1. The van der Waals surface area contributed by atoms with Gasteiger partial charge in [0.1, 0.15) is 23.1 Å². The number of phenols is 1. The zero-order chi connectivity index (χ0) is 19.7. The number of ether oxygens (including phenoxy) is 4. The molecular weight excluding hydrogens is 390 g/mol. The van der Waals surface area contributed by atoms with Crippen molar-refractivity contribution in [3.63, 3.8) is 0 Å². The number of nitrogens with zero attached hydrogens (tertiary/aromatic N) is 1. The summed E-state index contributed by atoms with van der Waals surface area (Å²) >= 11 is 1.31. The molecule has 0 aromatic heterocycles. The average Bonchev–Trinajstić information content (AvgIpc) is 3.04. The summed E-state index contributed by atoms with van der Waals surface area (Å²) < 4.78 is 21.1. The normalized spacial score (nSPS) is 18.4. The number of hydrogen-bond donors (Lipinski definition) is 2. The Morgan fingerprint density at radius 2 is 1.82 bits per heavy atom. The Morgan fingerprint density at radius 3 is 2.39 bits per heavy atom. The number of carboxylic acids is 1. The summed E-state index contributed by atoms with van der Waals surface area (Å²) in [4.78, 5) is 15.5. The molecule has 28 heavy (non-hydrogen) atoms. The highest BCUT2D eigenvalue weighted by Crippen LogP contribution is 2.35. The Kier molecular flexibility index (Phi) is 10.3. The average molecular weight is 417 g/mol. The predicted octanol–water partition coefficient (Wildman–Crippen LogP) is 0.963. The monoisotopic (exact) mass is 417 g/mol. The maximum Gasteiger partial charge on any atom is 0.332 e. The number of phenolic OH excluding ortho intramolecular Hbond substituents is 1. The van der Waals surface area contributed by atoms with Crippen LogP contribution in [0, 0.1) is 0 Å². The van der Waals surface area contributed by atoms with Crippen molar-refractivity contribution < 1.29 is 39.4 Å². The molecule has 0 saturated heterocycles. The first-order chi connectivity index (χ1) is 13.0. The summed E-state index contributed by atoms with van der Waals surface area (Å²) in [6, 6.07) is 4.87. The van der Waals surface area contributed by atoms with Crippen molar-refractivity contribution >= 4 is 22.8 Å². The number of rotatable bonds is 12. The molecule has 1 aliphatic heterocycles. The van der Waals surface area contributed by atoms with Crippen LogP contribution in [-0.4, -0.2) is 84.7 Å². The molecule has 0 saturated carbocycles. The molecule has 0 radical (unpaired) electrons. The van der Waals surface area contributed by atoms with E-state index in [0.717, 1.165) is 0 Å². The van der Waals surface area contributed by atoms with Crippen LogP contribution in [0.1, 0.15) is 12.5 Å². The quantitative estimate of drug-likeness (QED) is 0.480. The zero-order valence-corrected chi connectivity index (χ0v) is 16.8. The lowest BCUT2D eigenvalue weighted by molar-refractivity contribution is -0.141. The Labute approximate surface area is 168 Å². The van der Waals surface area contributed by atoms with Gasteiger partial charge in [-0.25, -0.2) is 4.79 Å². The van der Waals surface area contributed by atoms with E-state index in [1.54, 1.807) is 26.2 Å². The highest BCUT2D eigenvalue weighted by atomic mass is 32.2. The molecule has 1 aromatic rings. The molecule has 1 atom stereocenters. The minimum absolute atomic E-state index is 0. The van der Waals surface area contributed by atoms with E-state index in [1.807, 2.05) is 0 Å². The second kappa shape index (κ2) is 11.9. The number of aromatic hydroxyl groups is 1. The lowest BCUT2D eigenvalue weighted by Crippen LogP contribution is -2.33. The minimum atomic E-state index is -1.16. The number of carboxylic acid groups (broad SMARTS) is 1. The fourth-order valence-corrected chi connectivity index (χ4v) is 3.41. The van der Waals surface area contributed by atoms with Gasteiger partial charge in [-0.15, -0.1) is 11.8 Å². The molecule has 4 N–H and O–H groups in total. The van der Waals surface area contributed by atoms with Crippen molar-refractivity contribution in [3.05, 3.63) is 23.8 Å². The summed E-state index contributed by atoms with van der Waals surface area (Å²) in [6.45, 7) is 4.36. The van der Waals surface area contributed by atoms with Crippen molar-refractivity contribution in [1.82, 2.24) is 0 Å². The Morgan fingerprint density at radius 1 is 1.18 bits per heavy atom. The van der Waals surface area contributed by atoms with E-state index in [4.69, 9.17) is 18.9 Å². The molecule has 0 spiro atoms. The highest BCUT2D eigenvalue weighted by Gasteiger charge is 2.38. The van der Waals surface area contributed by atoms with Gasteiger partial charge in [-0.3, -0.25) is 4.99 Å². The molecule has 0 fully saturated rings. The molecule has 0 bridgehead atoms. The van der Waals surface area contributed by atoms with Crippen molar-refractivity contribution in [3.8, 4) is 11.5 Å². The minimum Gasteiger partial charge on any atom is -0.507 e. The number of aliphatic carboxylic acids is 1. The van der Waals surface area contributed by atoms with Crippen LogP contribution in [-0.2, 0) is 19.0 Å². The van der Waals surface area contributed by atoms with E-state index in [9.17, 15) is 15.0 Å². The summed E-state index contributed by atoms with van der Waals surface area (Å²) in [5.74, 6) is -0.141. The number of methoxy groups -OCH3 is 1. The number of carbonyl (C=O) groups is 1. The number of thioether (sulfide) groups is 1. The van der Waals surface area contributed by atoms with Crippen molar-refractivity contribution in [2.45, 2.75) is 12.5 Å². The Balaban J connectivity index is 0.00000392. The van der Waals surface area contributed by atoms with Gasteiger partial charge in [0.05, 0.1) is 33.0 Å². The lowest BCUT2D eigenvalue weighted by Gasteiger charge is -2.12. The second-order valence-electron chi connectivity index (χ2n) is 6.03. The fraction of sp³-hybridized carbons (Fsp3) is 0.556. The molecule has 0 amide bonds. The van der Waals surface area contributed by atoms with Gasteiger partial charge in [-0.2, -0.15) is 0 Å². The third-order valence-electron chi connectivity index (χ3n) is 3.80. The molecule has 0 aliphatic carbocycles. The van der Waals surface area contributed by atoms with Crippen LogP contribution >= 0.6 is 11.8 Å². The van der Waals surface area contributed by atoms with Gasteiger partial charge >= 0.3 is 5.97 Å².